The molecule has 1 amide bonds. The lowest BCUT2D eigenvalue weighted by Crippen LogP contribution is -2.42. The van der Waals surface area contributed by atoms with Crippen molar-refractivity contribution in [1.29, 1.82) is 0 Å². The quantitative estimate of drug-likeness (QED) is 0.406. The zero-order chi connectivity index (χ0) is 28.4. The molecule has 214 valence electrons. The highest BCUT2D eigenvalue weighted by molar-refractivity contribution is 5.78. The molecule has 2 aromatic carbocycles. The Morgan fingerprint density at radius 3 is 2.13 bits per heavy atom. The van der Waals surface area contributed by atoms with Crippen molar-refractivity contribution >= 4 is 17.3 Å². The van der Waals surface area contributed by atoms with Crippen molar-refractivity contribution in [2.45, 2.75) is 83.9 Å². The van der Waals surface area contributed by atoms with Crippen LogP contribution in [0.5, 0.6) is 0 Å². The number of benzene rings is 2. The van der Waals surface area contributed by atoms with Gasteiger partial charge in [-0.2, -0.15) is 13.2 Å². The molecule has 2 fully saturated rings. The minimum Gasteiger partial charge on any atom is -0.382 e. The third-order valence-electron chi connectivity index (χ3n) is 8.61. The summed E-state index contributed by atoms with van der Waals surface area (Å²) >= 11 is 0. The second-order valence-corrected chi connectivity index (χ2v) is 12.7. The predicted molar refractivity (Wildman–Crippen MR) is 153 cm³/mol. The first-order valence-corrected chi connectivity index (χ1v) is 14.4. The van der Waals surface area contributed by atoms with Crippen LogP contribution in [0.4, 0.5) is 24.5 Å². The van der Waals surface area contributed by atoms with E-state index in [2.05, 4.69) is 55.3 Å². The molecule has 1 N–H and O–H groups in total. The molecule has 0 aromatic heterocycles. The number of nitrogens with one attached hydrogen (secondary N) is 1. The number of rotatable bonds is 6. The summed E-state index contributed by atoms with van der Waals surface area (Å²) in [6.45, 7) is 11.0. The maximum Gasteiger partial charge on any atom is 0.416 e. The molecule has 39 heavy (non-hydrogen) atoms. The summed E-state index contributed by atoms with van der Waals surface area (Å²) in [5.41, 5.74) is 2.90. The maximum absolute atomic E-state index is 13.3. The fourth-order valence-electron chi connectivity index (χ4n) is 6.07. The highest BCUT2D eigenvalue weighted by Gasteiger charge is 2.33. The number of amides is 1. The number of alkyl halides is 3. The molecule has 2 aromatic rings. The first-order chi connectivity index (χ1) is 18.3. The summed E-state index contributed by atoms with van der Waals surface area (Å²) < 4.78 is 39.8. The van der Waals surface area contributed by atoms with Gasteiger partial charge >= 0.3 is 6.18 Å². The lowest BCUT2D eigenvalue weighted by Gasteiger charge is -2.37. The van der Waals surface area contributed by atoms with Crippen LogP contribution in [0, 0.1) is 18.8 Å². The Morgan fingerprint density at radius 1 is 0.949 bits per heavy atom. The molecule has 0 atom stereocenters. The van der Waals surface area contributed by atoms with Crippen molar-refractivity contribution < 1.29 is 18.0 Å². The molecule has 1 saturated carbocycles. The number of carbonyl (C=O) groups is 1. The summed E-state index contributed by atoms with van der Waals surface area (Å²) in [4.78, 5) is 17.6. The molecule has 2 aliphatic rings. The summed E-state index contributed by atoms with van der Waals surface area (Å²) in [6, 6.07) is 13.4. The Labute approximate surface area is 232 Å². The van der Waals surface area contributed by atoms with E-state index in [0.29, 0.717) is 11.6 Å². The average Bonchev–Trinajstić information content (AvgIpc) is 2.89. The van der Waals surface area contributed by atoms with Crippen LogP contribution in [-0.4, -0.2) is 43.5 Å². The zero-order valence-corrected chi connectivity index (χ0v) is 24.1. The highest BCUT2D eigenvalue weighted by atomic mass is 19.4. The number of hydrogen-bond acceptors (Lipinski definition) is 3. The lowest BCUT2D eigenvalue weighted by molar-refractivity contribution is -0.138. The van der Waals surface area contributed by atoms with Crippen molar-refractivity contribution in [2.24, 2.45) is 11.8 Å². The van der Waals surface area contributed by atoms with E-state index in [4.69, 9.17) is 0 Å². The average molecular weight is 544 g/mol. The number of aryl methyl sites for hydroxylation is 1. The Hall–Kier alpha value is -2.70. The molecule has 4 nitrogen and oxygen atoms in total. The molecular formula is C32H44F3N3O. The number of nitrogens with zero attached hydrogens (tertiary/aromatic N) is 2. The van der Waals surface area contributed by atoms with Crippen molar-refractivity contribution in [3.05, 3.63) is 59.2 Å². The Kier molecular flexibility index (Phi) is 8.87. The summed E-state index contributed by atoms with van der Waals surface area (Å²) in [7, 11) is 1.93. The van der Waals surface area contributed by atoms with Crippen LogP contribution in [0.3, 0.4) is 0 Å². The van der Waals surface area contributed by atoms with Crippen LogP contribution >= 0.6 is 0 Å². The fraction of sp³-hybridized carbons (Fsp3) is 0.594. The van der Waals surface area contributed by atoms with Gasteiger partial charge in [-0.15, -0.1) is 0 Å². The minimum atomic E-state index is -4.36. The lowest BCUT2D eigenvalue weighted by atomic mass is 9.84. The minimum absolute atomic E-state index is 0.00164. The van der Waals surface area contributed by atoms with Crippen molar-refractivity contribution in [1.82, 2.24) is 4.90 Å². The van der Waals surface area contributed by atoms with Gasteiger partial charge in [0.15, 0.2) is 0 Å². The maximum atomic E-state index is 13.3. The van der Waals surface area contributed by atoms with Gasteiger partial charge in [0.05, 0.1) is 5.56 Å². The van der Waals surface area contributed by atoms with Gasteiger partial charge in [-0.05, 0) is 92.2 Å². The van der Waals surface area contributed by atoms with Crippen molar-refractivity contribution in [3.8, 4) is 0 Å². The van der Waals surface area contributed by atoms with Gasteiger partial charge in [0, 0.05) is 50.0 Å². The number of halogens is 3. The first kappa shape index (κ1) is 29.3. The molecule has 4 rings (SSSR count). The Morgan fingerprint density at radius 2 is 1.56 bits per heavy atom. The number of piperidine rings is 1. The number of anilines is 2. The van der Waals surface area contributed by atoms with Crippen LogP contribution in [0.25, 0.3) is 0 Å². The molecule has 1 saturated heterocycles. The van der Waals surface area contributed by atoms with Gasteiger partial charge in [-0.1, -0.05) is 39.0 Å². The van der Waals surface area contributed by atoms with Gasteiger partial charge in [-0.3, -0.25) is 4.79 Å². The molecule has 1 aliphatic carbocycles. The van der Waals surface area contributed by atoms with E-state index in [1.54, 1.807) is 6.07 Å². The predicted octanol–water partition coefficient (Wildman–Crippen LogP) is 7.66. The molecule has 0 unspecified atom stereocenters. The van der Waals surface area contributed by atoms with Crippen molar-refractivity contribution in [3.63, 3.8) is 0 Å². The number of carbonyl (C=O) groups excluding carboxylic acids is 1. The van der Waals surface area contributed by atoms with Crippen LogP contribution in [0.15, 0.2) is 42.5 Å². The van der Waals surface area contributed by atoms with Crippen LogP contribution < -0.4 is 10.2 Å². The van der Waals surface area contributed by atoms with Gasteiger partial charge in [-0.25, -0.2) is 0 Å². The molecule has 1 heterocycles. The Bertz CT molecular complexity index is 1110. The van der Waals surface area contributed by atoms with Crippen LogP contribution in [0.1, 0.15) is 76.0 Å². The topological polar surface area (TPSA) is 35.6 Å². The largest absolute Gasteiger partial charge is 0.416 e. The van der Waals surface area contributed by atoms with Crippen LogP contribution in [-0.2, 0) is 16.4 Å². The Balaban J connectivity index is 1.21. The van der Waals surface area contributed by atoms with Crippen LogP contribution in [0.2, 0.25) is 0 Å². The third-order valence-corrected chi connectivity index (χ3v) is 8.61. The summed E-state index contributed by atoms with van der Waals surface area (Å²) in [5, 5.41) is 3.27. The standard InChI is InChI=1S/C32H44F3N3O/c1-22-6-11-27(20-29(22)32(33,34)35)36-26-12-7-24(8-13-26)30(39)37(5)21-23-16-18-38(19-17-23)28-14-9-25(10-15-28)31(2,3)4/h6,9-11,14-15,20,23-24,26,36H,7-8,12-13,16-19,21H2,1-5H3. The van der Waals surface area contributed by atoms with Gasteiger partial charge < -0.3 is 15.1 Å². The highest BCUT2D eigenvalue weighted by Crippen LogP contribution is 2.35. The van der Waals surface area contributed by atoms with Gasteiger partial charge in [0.1, 0.15) is 0 Å². The van der Waals surface area contributed by atoms with E-state index in [1.165, 1.54) is 30.3 Å². The van der Waals surface area contributed by atoms with E-state index in [-0.39, 0.29) is 28.8 Å². The first-order valence-electron chi connectivity index (χ1n) is 14.4. The van der Waals surface area contributed by atoms with E-state index >= 15 is 0 Å². The fourth-order valence-corrected chi connectivity index (χ4v) is 6.07. The smallest absolute Gasteiger partial charge is 0.382 e. The summed E-state index contributed by atoms with van der Waals surface area (Å²) in [6.07, 6.45) is 0.893. The second-order valence-electron chi connectivity index (χ2n) is 12.7. The second kappa shape index (κ2) is 11.8. The monoisotopic (exact) mass is 543 g/mol. The van der Waals surface area contributed by atoms with Gasteiger partial charge in [0.2, 0.25) is 5.91 Å². The van der Waals surface area contributed by atoms with E-state index in [0.717, 1.165) is 58.2 Å². The molecule has 7 heteroatoms. The molecule has 1 aliphatic heterocycles. The van der Waals surface area contributed by atoms with Gasteiger partial charge in [0.25, 0.3) is 0 Å². The molecule has 0 spiro atoms. The molecular weight excluding hydrogens is 499 g/mol. The number of hydrogen-bond donors (Lipinski definition) is 1. The van der Waals surface area contributed by atoms with Crippen molar-refractivity contribution in [2.75, 3.05) is 36.9 Å². The SMILES string of the molecule is Cc1ccc(NC2CCC(C(=O)N(C)CC3CCN(c4ccc(C(C)(C)C)cc4)CC3)CC2)cc1C(F)(F)F. The molecule has 0 bridgehead atoms. The zero-order valence-electron chi connectivity index (χ0n) is 24.1. The molecule has 0 radical (unpaired) electrons. The van der Waals surface area contributed by atoms with E-state index < -0.39 is 11.7 Å². The third kappa shape index (κ3) is 7.49. The normalized spacial score (nSPS) is 21.1. The summed E-state index contributed by atoms with van der Waals surface area (Å²) in [5.74, 6) is 0.716. The van der Waals surface area contributed by atoms with E-state index in [9.17, 15) is 18.0 Å². The van der Waals surface area contributed by atoms with E-state index in [1.807, 2.05) is 11.9 Å².